The number of rotatable bonds is 3. The van der Waals surface area contributed by atoms with E-state index in [1.807, 2.05) is 0 Å². The van der Waals surface area contributed by atoms with Gasteiger partial charge in [-0.15, -0.1) is 0 Å². The topological polar surface area (TPSA) is 15.3 Å². The van der Waals surface area contributed by atoms with Crippen LogP contribution in [0.2, 0.25) is 0 Å². The van der Waals surface area contributed by atoms with Crippen molar-refractivity contribution in [1.82, 2.24) is 10.2 Å². The quantitative estimate of drug-likeness (QED) is 0.803. The maximum atomic E-state index is 3.48. The van der Waals surface area contributed by atoms with Gasteiger partial charge in [-0.3, -0.25) is 4.90 Å². The molecule has 0 spiro atoms. The summed E-state index contributed by atoms with van der Waals surface area (Å²) in [5.41, 5.74) is 1.45. The van der Waals surface area contributed by atoms with E-state index in [4.69, 9.17) is 0 Å². The van der Waals surface area contributed by atoms with Gasteiger partial charge in [-0.1, -0.05) is 37.3 Å². The van der Waals surface area contributed by atoms with Crippen molar-refractivity contribution >= 4 is 0 Å². The minimum absolute atomic E-state index is 0.672. The molecule has 0 aliphatic carbocycles. The van der Waals surface area contributed by atoms with E-state index >= 15 is 0 Å². The summed E-state index contributed by atoms with van der Waals surface area (Å²) in [5.74, 6) is 0. The molecule has 2 rings (SSSR count). The number of hydrogen-bond acceptors (Lipinski definition) is 2. The zero-order valence-electron chi connectivity index (χ0n) is 9.45. The van der Waals surface area contributed by atoms with Crippen LogP contribution in [0, 0.1) is 0 Å². The average molecular weight is 204 g/mol. The minimum atomic E-state index is 0.672. The molecule has 0 aromatic heterocycles. The van der Waals surface area contributed by atoms with Crippen molar-refractivity contribution in [1.29, 1.82) is 0 Å². The third-order valence-electron chi connectivity index (χ3n) is 3.19. The number of piperazine rings is 1. The Labute approximate surface area is 92.3 Å². The molecule has 1 aromatic carbocycles. The molecule has 2 nitrogen and oxygen atoms in total. The highest BCUT2D eigenvalue weighted by Gasteiger charge is 2.20. The van der Waals surface area contributed by atoms with Crippen LogP contribution in [0.5, 0.6) is 0 Å². The van der Waals surface area contributed by atoms with Gasteiger partial charge in [0, 0.05) is 25.7 Å². The molecule has 0 unspecified atom stereocenters. The summed E-state index contributed by atoms with van der Waals surface area (Å²) < 4.78 is 0. The Bertz CT molecular complexity index is 284. The standard InChI is InChI=1S/C13H20N2/c1-2-15-9-8-14-11-13(15)10-12-6-4-3-5-7-12/h3-7,13-14H,2,8-11H2,1H3/t13-/m0/s1. The van der Waals surface area contributed by atoms with E-state index < -0.39 is 0 Å². The second-order valence-electron chi connectivity index (χ2n) is 4.18. The van der Waals surface area contributed by atoms with Gasteiger partial charge in [-0.05, 0) is 18.5 Å². The molecule has 0 bridgehead atoms. The molecule has 15 heavy (non-hydrogen) atoms. The fraction of sp³-hybridized carbons (Fsp3) is 0.538. The van der Waals surface area contributed by atoms with Crippen LogP contribution in [0.3, 0.4) is 0 Å². The zero-order valence-corrected chi connectivity index (χ0v) is 9.45. The van der Waals surface area contributed by atoms with Crippen molar-refractivity contribution in [3.8, 4) is 0 Å². The van der Waals surface area contributed by atoms with Gasteiger partial charge in [0.15, 0.2) is 0 Å². The Hall–Kier alpha value is -0.860. The van der Waals surface area contributed by atoms with Gasteiger partial charge in [0.2, 0.25) is 0 Å². The predicted molar refractivity (Wildman–Crippen MR) is 64.1 cm³/mol. The van der Waals surface area contributed by atoms with Crippen molar-refractivity contribution < 1.29 is 0 Å². The molecule has 1 aromatic rings. The van der Waals surface area contributed by atoms with Crippen LogP contribution in [0.15, 0.2) is 30.3 Å². The Morgan fingerprint density at radius 2 is 2.13 bits per heavy atom. The summed E-state index contributed by atoms with van der Waals surface area (Å²) in [7, 11) is 0. The van der Waals surface area contributed by atoms with Gasteiger partial charge >= 0.3 is 0 Å². The molecule has 1 atom stereocenters. The molecule has 0 saturated carbocycles. The maximum Gasteiger partial charge on any atom is 0.0261 e. The summed E-state index contributed by atoms with van der Waals surface area (Å²) in [6, 6.07) is 11.5. The molecule has 1 saturated heterocycles. The van der Waals surface area contributed by atoms with Gasteiger partial charge in [0.25, 0.3) is 0 Å². The van der Waals surface area contributed by atoms with Crippen LogP contribution in [0.4, 0.5) is 0 Å². The molecule has 0 radical (unpaired) electrons. The van der Waals surface area contributed by atoms with Crippen LogP contribution >= 0.6 is 0 Å². The number of nitrogens with one attached hydrogen (secondary N) is 1. The van der Waals surface area contributed by atoms with E-state index in [1.165, 1.54) is 25.1 Å². The molecule has 1 N–H and O–H groups in total. The van der Waals surface area contributed by atoms with E-state index in [0.29, 0.717) is 6.04 Å². The van der Waals surface area contributed by atoms with E-state index in [2.05, 4.69) is 47.5 Å². The SMILES string of the molecule is CCN1CCNC[C@@H]1Cc1ccccc1. The second kappa shape index (κ2) is 5.29. The van der Waals surface area contributed by atoms with E-state index in [0.717, 1.165) is 13.1 Å². The van der Waals surface area contributed by atoms with E-state index in [1.54, 1.807) is 0 Å². The van der Waals surface area contributed by atoms with Gasteiger partial charge in [0.1, 0.15) is 0 Å². The lowest BCUT2D eigenvalue weighted by atomic mass is 10.0. The summed E-state index contributed by atoms with van der Waals surface area (Å²) in [6.45, 7) is 6.87. The first-order valence-electron chi connectivity index (χ1n) is 5.89. The fourth-order valence-corrected chi connectivity index (χ4v) is 2.31. The van der Waals surface area contributed by atoms with E-state index in [9.17, 15) is 0 Å². The fourth-order valence-electron chi connectivity index (χ4n) is 2.31. The molecular weight excluding hydrogens is 184 g/mol. The first kappa shape index (κ1) is 10.7. The predicted octanol–water partition coefficient (Wildman–Crippen LogP) is 1.52. The highest BCUT2D eigenvalue weighted by Crippen LogP contribution is 2.10. The summed E-state index contributed by atoms with van der Waals surface area (Å²) in [5, 5.41) is 3.48. The first-order chi connectivity index (χ1) is 7.40. The lowest BCUT2D eigenvalue weighted by Gasteiger charge is -2.35. The minimum Gasteiger partial charge on any atom is -0.314 e. The Balaban J connectivity index is 1.97. The lowest BCUT2D eigenvalue weighted by molar-refractivity contribution is 0.169. The lowest BCUT2D eigenvalue weighted by Crippen LogP contribution is -2.51. The summed E-state index contributed by atoms with van der Waals surface area (Å²) in [6.07, 6.45) is 1.17. The van der Waals surface area contributed by atoms with Crippen LogP contribution in [0.1, 0.15) is 12.5 Å². The highest BCUT2D eigenvalue weighted by molar-refractivity contribution is 5.16. The third kappa shape index (κ3) is 2.80. The Kier molecular flexibility index (Phi) is 3.75. The zero-order chi connectivity index (χ0) is 10.5. The van der Waals surface area contributed by atoms with Crippen LogP contribution < -0.4 is 5.32 Å². The number of nitrogens with zero attached hydrogens (tertiary/aromatic N) is 1. The normalized spacial score (nSPS) is 22.9. The summed E-state index contributed by atoms with van der Waals surface area (Å²) in [4.78, 5) is 2.57. The molecule has 0 amide bonds. The third-order valence-corrected chi connectivity index (χ3v) is 3.19. The Morgan fingerprint density at radius 3 is 2.87 bits per heavy atom. The second-order valence-corrected chi connectivity index (χ2v) is 4.18. The number of benzene rings is 1. The van der Waals surface area contributed by atoms with Crippen LogP contribution in [-0.2, 0) is 6.42 Å². The molecule has 1 fully saturated rings. The number of hydrogen-bond donors (Lipinski definition) is 1. The average Bonchev–Trinajstić information content (AvgIpc) is 2.31. The smallest absolute Gasteiger partial charge is 0.0261 e. The van der Waals surface area contributed by atoms with Gasteiger partial charge < -0.3 is 5.32 Å². The highest BCUT2D eigenvalue weighted by atomic mass is 15.2. The van der Waals surface area contributed by atoms with Gasteiger partial charge in [0.05, 0.1) is 0 Å². The van der Waals surface area contributed by atoms with Crippen molar-refractivity contribution in [3.63, 3.8) is 0 Å². The maximum absolute atomic E-state index is 3.48. The molecule has 1 aliphatic rings. The molecule has 1 aliphatic heterocycles. The number of likely N-dealkylation sites (N-methyl/N-ethyl adjacent to an activating group) is 1. The van der Waals surface area contributed by atoms with Crippen molar-refractivity contribution in [2.75, 3.05) is 26.2 Å². The first-order valence-corrected chi connectivity index (χ1v) is 5.89. The largest absolute Gasteiger partial charge is 0.314 e. The Morgan fingerprint density at radius 1 is 1.33 bits per heavy atom. The van der Waals surface area contributed by atoms with Gasteiger partial charge in [-0.25, -0.2) is 0 Å². The van der Waals surface area contributed by atoms with Crippen molar-refractivity contribution in [2.45, 2.75) is 19.4 Å². The van der Waals surface area contributed by atoms with Crippen molar-refractivity contribution in [2.24, 2.45) is 0 Å². The van der Waals surface area contributed by atoms with Crippen LogP contribution in [0.25, 0.3) is 0 Å². The summed E-state index contributed by atoms with van der Waals surface area (Å²) >= 11 is 0. The molecule has 2 heteroatoms. The van der Waals surface area contributed by atoms with Crippen molar-refractivity contribution in [3.05, 3.63) is 35.9 Å². The monoisotopic (exact) mass is 204 g/mol. The molecular formula is C13H20N2. The van der Waals surface area contributed by atoms with Crippen LogP contribution in [-0.4, -0.2) is 37.1 Å². The van der Waals surface area contributed by atoms with E-state index in [-0.39, 0.29) is 0 Å². The molecule has 82 valence electrons. The molecule has 1 heterocycles. The van der Waals surface area contributed by atoms with Gasteiger partial charge in [-0.2, -0.15) is 0 Å².